The Morgan fingerprint density at radius 1 is 0.800 bits per heavy atom. The Balaban J connectivity index is 1.31. The summed E-state index contributed by atoms with van der Waals surface area (Å²) in [7, 11) is 0. The van der Waals surface area contributed by atoms with Crippen LogP contribution in [0.3, 0.4) is 0 Å². The van der Waals surface area contributed by atoms with Crippen LogP contribution < -0.4 is 38.1 Å². The van der Waals surface area contributed by atoms with Crippen molar-refractivity contribution in [2.24, 2.45) is 28.3 Å². The first-order chi connectivity index (χ1) is 31.4. The van der Waals surface area contributed by atoms with Crippen LogP contribution in [0.1, 0.15) is 102 Å². The van der Waals surface area contributed by atoms with Crippen molar-refractivity contribution in [2.75, 3.05) is 19.6 Å². The van der Waals surface area contributed by atoms with E-state index in [1.807, 2.05) is 54.6 Å². The minimum absolute atomic E-state index is 0.0319. The molecule has 10 N–H and O–H groups in total. The third-order valence-electron chi connectivity index (χ3n) is 12.9. The summed E-state index contributed by atoms with van der Waals surface area (Å²) in [5.41, 5.74) is 13.6. The Morgan fingerprint density at radius 3 is 2.26 bits per heavy atom. The minimum Gasteiger partial charge on any atom is -0.370 e. The molecule has 1 aromatic heterocycles. The van der Waals surface area contributed by atoms with Crippen LogP contribution in [0.2, 0.25) is 0 Å². The average Bonchev–Trinajstić information content (AvgIpc) is 3.95. The van der Waals surface area contributed by atoms with E-state index >= 15 is 0 Å². The normalized spacial score (nSPS) is 23.5. The number of carbonyl (C=O) groups excluding carboxylic acids is 7. The molecule has 3 heterocycles. The molecule has 3 fully saturated rings. The van der Waals surface area contributed by atoms with Crippen molar-refractivity contribution in [3.8, 4) is 0 Å². The fourth-order valence-electron chi connectivity index (χ4n) is 9.50. The van der Waals surface area contributed by atoms with Gasteiger partial charge in [-0.05, 0) is 81.4 Å². The summed E-state index contributed by atoms with van der Waals surface area (Å²) in [5.74, 6) is -3.91. The first-order valence-electron chi connectivity index (χ1n) is 23.3. The van der Waals surface area contributed by atoms with Crippen molar-refractivity contribution >= 4 is 58.1 Å². The molecular weight excluding hydrogens is 829 g/mol. The summed E-state index contributed by atoms with van der Waals surface area (Å²) in [5, 5.41) is 15.6. The maximum atomic E-state index is 14.6. The molecule has 6 rings (SSSR count). The Bertz CT molecular complexity index is 2170. The van der Waals surface area contributed by atoms with E-state index in [0.717, 1.165) is 54.1 Å². The van der Waals surface area contributed by atoms with Crippen LogP contribution in [0.25, 0.3) is 10.9 Å². The van der Waals surface area contributed by atoms with Crippen LogP contribution in [-0.2, 0) is 46.4 Å². The van der Waals surface area contributed by atoms with Gasteiger partial charge in [-0.25, -0.2) is 0 Å². The van der Waals surface area contributed by atoms with Gasteiger partial charge in [0, 0.05) is 55.5 Å². The molecule has 2 aromatic carbocycles. The Labute approximate surface area is 380 Å². The highest BCUT2D eigenvalue weighted by Crippen LogP contribution is 2.29. The predicted molar refractivity (Wildman–Crippen MR) is 247 cm³/mol. The number of aromatic amines is 1. The highest BCUT2D eigenvalue weighted by molar-refractivity contribution is 5.97. The van der Waals surface area contributed by atoms with Crippen molar-refractivity contribution in [1.82, 2.24) is 36.5 Å². The lowest BCUT2D eigenvalue weighted by atomic mass is 9.84. The number of ketones is 1. The third-order valence-corrected chi connectivity index (χ3v) is 12.9. The van der Waals surface area contributed by atoms with Gasteiger partial charge >= 0.3 is 0 Å². The number of nitrogens with two attached hydrogens (primary N) is 2. The molecular formula is C48H66N10O7. The number of Topliss-reactive ketones (excluding diaryl/α,β-unsaturated/α-hetero) is 1. The number of aliphatic imine (C=N–C) groups is 1. The second kappa shape index (κ2) is 23.6. The van der Waals surface area contributed by atoms with Crippen molar-refractivity contribution in [1.29, 1.82) is 0 Å². The van der Waals surface area contributed by atoms with Crippen LogP contribution in [0.4, 0.5) is 0 Å². The summed E-state index contributed by atoms with van der Waals surface area (Å²) >= 11 is 0. The number of rotatable bonds is 14. The van der Waals surface area contributed by atoms with Gasteiger partial charge in [0.05, 0.1) is 0 Å². The number of fused-ring (bicyclic) bond motifs is 2. The fraction of sp³-hybridized carbons (Fsp3) is 0.542. The number of benzene rings is 2. The number of carbonyl (C=O) groups is 7. The summed E-state index contributed by atoms with van der Waals surface area (Å²) in [6.07, 6.45) is 9.08. The lowest BCUT2D eigenvalue weighted by Gasteiger charge is -2.32. The largest absolute Gasteiger partial charge is 0.370 e. The zero-order valence-corrected chi connectivity index (χ0v) is 37.4. The van der Waals surface area contributed by atoms with Gasteiger partial charge in [-0.15, -0.1) is 0 Å². The van der Waals surface area contributed by atoms with Crippen LogP contribution >= 0.6 is 0 Å². The predicted octanol–water partition coefficient (Wildman–Crippen LogP) is 2.41. The molecule has 6 atom stereocenters. The third kappa shape index (κ3) is 13.9. The smallest absolute Gasteiger partial charge is 0.245 e. The van der Waals surface area contributed by atoms with E-state index < -0.39 is 71.6 Å². The van der Waals surface area contributed by atoms with Gasteiger partial charge < -0.3 is 52.7 Å². The molecule has 17 nitrogen and oxygen atoms in total. The van der Waals surface area contributed by atoms with Gasteiger partial charge in [0.2, 0.25) is 35.4 Å². The molecule has 1 saturated carbocycles. The molecule has 350 valence electrons. The maximum Gasteiger partial charge on any atom is 0.245 e. The molecule has 65 heavy (non-hydrogen) atoms. The van der Waals surface area contributed by atoms with E-state index in [4.69, 9.17) is 11.5 Å². The maximum absolute atomic E-state index is 14.6. The number of nitrogens with one attached hydrogen (secondary N) is 6. The summed E-state index contributed by atoms with van der Waals surface area (Å²) in [4.78, 5) is 107. The molecule has 0 bridgehead atoms. The lowest BCUT2D eigenvalue weighted by molar-refractivity contribution is -0.143. The van der Waals surface area contributed by atoms with Crippen molar-refractivity contribution in [2.45, 2.75) is 133 Å². The second-order valence-corrected chi connectivity index (χ2v) is 17.9. The van der Waals surface area contributed by atoms with Gasteiger partial charge in [-0.3, -0.25) is 33.8 Å². The van der Waals surface area contributed by atoms with Gasteiger partial charge in [-0.1, -0.05) is 80.6 Å². The standard InChI is InChI=1S/C48H66N10O7/c1-30(59)25-33(26-31-13-4-2-5-14-31)42(60)55-38-20-11-22-51-43(61)37(19-10-23-52-48(49)50)54-45(63)40(28-34-29-53-36-18-9-8-17-35(34)36)56-44(62)39(27-32-15-6-3-7-16-32)57-46(64)41-21-12-24-58(41)47(38)65/h2,4-5,8-9,13-14,17-18,29,32-33,37-41,53H,3,6-7,10-12,15-16,19-28H2,1H3,(H,51,61)(H,54,63)(H,55,60)(H,56,62)(H,57,64)(H4,49,50,52)/t33-,37?,38-,39+,40?,41?/m0/s1. The fourth-order valence-corrected chi connectivity index (χ4v) is 9.50. The summed E-state index contributed by atoms with van der Waals surface area (Å²) in [6, 6.07) is 11.7. The van der Waals surface area contributed by atoms with E-state index in [1.54, 1.807) is 6.20 Å². The molecule has 1 aliphatic carbocycles. The van der Waals surface area contributed by atoms with E-state index in [0.29, 0.717) is 25.7 Å². The first-order valence-corrected chi connectivity index (χ1v) is 23.3. The van der Waals surface area contributed by atoms with Crippen molar-refractivity contribution in [3.05, 3.63) is 71.9 Å². The topological polar surface area (TPSA) is 263 Å². The summed E-state index contributed by atoms with van der Waals surface area (Å²) < 4.78 is 0. The SMILES string of the molecule is CC(=O)C[C@@H](Cc1ccccc1)C(=O)N[C@H]1CCCNC(=O)C(CCCN=C(N)N)NC(=O)C(Cc2c[nH]c3ccccc23)NC(=O)[C@@H](CC2CCCCC2)NC(=O)C2CCCN2C1=O. The Hall–Kier alpha value is -6.26. The molecule has 3 unspecified atom stereocenters. The highest BCUT2D eigenvalue weighted by atomic mass is 16.2. The van der Waals surface area contributed by atoms with Gasteiger partial charge in [0.25, 0.3) is 0 Å². The van der Waals surface area contributed by atoms with Crippen molar-refractivity contribution in [3.63, 3.8) is 0 Å². The molecule has 0 spiro atoms. The van der Waals surface area contributed by atoms with Crippen LogP contribution in [0.15, 0.2) is 65.8 Å². The molecule has 0 radical (unpaired) electrons. The highest BCUT2D eigenvalue weighted by Gasteiger charge is 2.40. The van der Waals surface area contributed by atoms with Gasteiger partial charge in [0.15, 0.2) is 5.96 Å². The van der Waals surface area contributed by atoms with E-state index in [-0.39, 0.29) is 75.8 Å². The first kappa shape index (κ1) is 48.2. The molecule has 17 heteroatoms. The van der Waals surface area contributed by atoms with E-state index in [1.165, 1.54) is 11.8 Å². The Morgan fingerprint density at radius 2 is 1.51 bits per heavy atom. The van der Waals surface area contributed by atoms with Crippen LogP contribution in [0.5, 0.6) is 0 Å². The number of hydrogen-bond donors (Lipinski definition) is 8. The molecule has 6 amide bonds. The number of hydrogen-bond acceptors (Lipinski definition) is 8. The quantitative estimate of drug-likeness (QED) is 0.0671. The van der Waals surface area contributed by atoms with Crippen LogP contribution in [0, 0.1) is 11.8 Å². The monoisotopic (exact) mass is 895 g/mol. The molecule has 3 aliphatic rings. The van der Waals surface area contributed by atoms with E-state index in [2.05, 4.69) is 36.6 Å². The lowest BCUT2D eigenvalue weighted by Crippen LogP contribution is -2.60. The number of para-hydroxylation sites is 1. The van der Waals surface area contributed by atoms with Gasteiger partial charge in [0.1, 0.15) is 36.0 Å². The molecule has 2 saturated heterocycles. The average molecular weight is 895 g/mol. The Kier molecular flexibility index (Phi) is 17.5. The van der Waals surface area contributed by atoms with E-state index in [9.17, 15) is 33.6 Å². The zero-order chi connectivity index (χ0) is 46.3. The number of H-pyrrole nitrogens is 1. The molecule has 3 aromatic rings. The zero-order valence-electron chi connectivity index (χ0n) is 37.4. The number of guanidine groups is 1. The number of amides is 6. The summed E-state index contributed by atoms with van der Waals surface area (Å²) in [6.45, 7) is 1.97. The van der Waals surface area contributed by atoms with Crippen molar-refractivity contribution < 1.29 is 33.6 Å². The number of nitrogens with zero attached hydrogens (tertiary/aromatic N) is 2. The van der Waals surface area contributed by atoms with Crippen LogP contribution in [-0.4, -0.2) is 107 Å². The van der Waals surface area contributed by atoms with Gasteiger partial charge in [-0.2, -0.15) is 0 Å². The number of aromatic nitrogens is 1. The second-order valence-electron chi connectivity index (χ2n) is 17.9. The molecule has 2 aliphatic heterocycles. The minimum atomic E-state index is -1.14.